The van der Waals surface area contributed by atoms with E-state index >= 15 is 0 Å². The molecule has 2 aliphatic heterocycles. The van der Waals surface area contributed by atoms with E-state index in [0.29, 0.717) is 31.9 Å². The third-order valence-electron chi connectivity index (χ3n) is 5.55. The van der Waals surface area contributed by atoms with Gasteiger partial charge in [0, 0.05) is 57.2 Å². The van der Waals surface area contributed by atoms with Crippen molar-refractivity contribution in [3.63, 3.8) is 0 Å². The lowest BCUT2D eigenvalue weighted by molar-refractivity contribution is -0.132. The fourth-order valence-electron chi connectivity index (χ4n) is 3.83. The quantitative estimate of drug-likeness (QED) is 0.750. The van der Waals surface area contributed by atoms with Gasteiger partial charge in [-0.1, -0.05) is 0 Å². The highest BCUT2D eigenvalue weighted by molar-refractivity contribution is 5.76. The van der Waals surface area contributed by atoms with Crippen molar-refractivity contribution in [1.29, 1.82) is 0 Å². The number of rotatable bonds is 4. The first-order chi connectivity index (χ1) is 14.1. The second-order valence-corrected chi connectivity index (χ2v) is 7.63. The summed E-state index contributed by atoms with van der Waals surface area (Å²) in [6.45, 7) is 6.45. The van der Waals surface area contributed by atoms with E-state index in [4.69, 9.17) is 4.98 Å². The molecular formula is C20H27N7O2. The van der Waals surface area contributed by atoms with Crippen LogP contribution in [0.5, 0.6) is 0 Å². The monoisotopic (exact) mass is 397 g/mol. The number of aromatic nitrogens is 4. The molecule has 0 unspecified atom stereocenters. The van der Waals surface area contributed by atoms with Gasteiger partial charge < -0.3 is 14.7 Å². The highest BCUT2D eigenvalue weighted by atomic mass is 16.2. The van der Waals surface area contributed by atoms with Crippen LogP contribution in [0, 0.1) is 6.92 Å². The zero-order chi connectivity index (χ0) is 20.2. The molecule has 0 aliphatic carbocycles. The minimum absolute atomic E-state index is 0.0265. The molecule has 0 bridgehead atoms. The van der Waals surface area contributed by atoms with E-state index in [1.807, 2.05) is 12.3 Å². The zero-order valence-corrected chi connectivity index (χ0v) is 16.8. The Kier molecular flexibility index (Phi) is 5.73. The third-order valence-corrected chi connectivity index (χ3v) is 5.55. The largest absolute Gasteiger partial charge is 0.353 e. The standard InChI is InChI=1S/C20H27N7O2/c1-16-13-18(28)27(15-22-16)14-19(29)25-11-9-24(10-12-25)17-5-6-21-20(23-17)26-7-3-2-4-8-26/h5-6,13,15H,2-4,7-12,14H2,1H3. The summed E-state index contributed by atoms with van der Waals surface area (Å²) in [5, 5.41) is 0. The van der Waals surface area contributed by atoms with E-state index < -0.39 is 0 Å². The number of aryl methyl sites for hydroxylation is 1. The van der Waals surface area contributed by atoms with Gasteiger partial charge in [-0.25, -0.2) is 9.97 Å². The number of carbonyl (C=O) groups is 1. The Hall–Kier alpha value is -2.97. The van der Waals surface area contributed by atoms with E-state index in [1.54, 1.807) is 11.8 Å². The average Bonchev–Trinajstić information content (AvgIpc) is 2.76. The molecule has 4 heterocycles. The number of nitrogens with zero attached hydrogens (tertiary/aromatic N) is 7. The molecule has 0 radical (unpaired) electrons. The van der Waals surface area contributed by atoms with Gasteiger partial charge in [0.2, 0.25) is 11.9 Å². The molecule has 2 fully saturated rings. The fourth-order valence-corrected chi connectivity index (χ4v) is 3.83. The molecule has 0 aromatic carbocycles. The predicted molar refractivity (Wildman–Crippen MR) is 110 cm³/mol. The summed E-state index contributed by atoms with van der Waals surface area (Å²) in [4.78, 5) is 44.1. The SMILES string of the molecule is Cc1cc(=O)n(CC(=O)N2CCN(c3ccnc(N4CCCCC4)n3)CC2)cn1. The second-order valence-electron chi connectivity index (χ2n) is 7.63. The molecular weight excluding hydrogens is 370 g/mol. The van der Waals surface area contributed by atoms with Crippen molar-refractivity contribution < 1.29 is 4.79 Å². The fraction of sp³-hybridized carbons (Fsp3) is 0.550. The molecule has 1 amide bonds. The van der Waals surface area contributed by atoms with Crippen LogP contribution in [0.2, 0.25) is 0 Å². The maximum Gasteiger partial charge on any atom is 0.253 e. The van der Waals surface area contributed by atoms with Gasteiger partial charge in [0.25, 0.3) is 5.56 Å². The second kappa shape index (κ2) is 8.59. The molecule has 0 saturated carbocycles. The van der Waals surface area contributed by atoms with Gasteiger partial charge in [0.15, 0.2) is 0 Å². The molecule has 154 valence electrons. The van der Waals surface area contributed by atoms with Crippen LogP contribution in [0.4, 0.5) is 11.8 Å². The smallest absolute Gasteiger partial charge is 0.253 e. The van der Waals surface area contributed by atoms with Crippen LogP contribution in [0.25, 0.3) is 0 Å². The van der Waals surface area contributed by atoms with Gasteiger partial charge in [-0.2, -0.15) is 4.98 Å². The Balaban J connectivity index is 1.35. The summed E-state index contributed by atoms with van der Waals surface area (Å²) in [5.41, 5.74) is 0.455. The summed E-state index contributed by atoms with van der Waals surface area (Å²) in [6.07, 6.45) is 6.91. The summed E-state index contributed by atoms with van der Waals surface area (Å²) in [6, 6.07) is 3.38. The van der Waals surface area contributed by atoms with Crippen LogP contribution < -0.4 is 15.4 Å². The Labute approximate surface area is 170 Å². The van der Waals surface area contributed by atoms with Crippen molar-refractivity contribution in [2.45, 2.75) is 32.7 Å². The molecule has 2 aliphatic rings. The van der Waals surface area contributed by atoms with Gasteiger partial charge in [-0.05, 0) is 32.3 Å². The highest BCUT2D eigenvalue weighted by Gasteiger charge is 2.23. The van der Waals surface area contributed by atoms with Crippen LogP contribution in [0.15, 0.2) is 29.5 Å². The molecule has 2 saturated heterocycles. The molecule has 2 aromatic rings. The Morgan fingerprint density at radius 2 is 1.76 bits per heavy atom. The van der Waals surface area contributed by atoms with Crippen molar-refractivity contribution >= 4 is 17.7 Å². The van der Waals surface area contributed by atoms with Crippen LogP contribution in [-0.4, -0.2) is 69.6 Å². The molecule has 29 heavy (non-hydrogen) atoms. The number of piperazine rings is 1. The maximum atomic E-state index is 12.6. The first-order valence-electron chi connectivity index (χ1n) is 10.2. The molecule has 9 nitrogen and oxygen atoms in total. The normalized spacial score (nSPS) is 17.5. The lowest BCUT2D eigenvalue weighted by Crippen LogP contribution is -2.50. The van der Waals surface area contributed by atoms with Gasteiger partial charge in [-0.15, -0.1) is 0 Å². The minimum Gasteiger partial charge on any atom is -0.353 e. The van der Waals surface area contributed by atoms with Crippen molar-refractivity contribution in [3.05, 3.63) is 40.7 Å². The number of anilines is 2. The first kappa shape index (κ1) is 19.4. The van der Waals surface area contributed by atoms with E-state index in [-0.39, 0.29) is 18.0 Å². The van der Waals surface area contributed by atoms with Gasteiger partial charge >= 0.3 is 0 Å². The van der Waals surface area contributed by atoms with E-state index in [9.17, 15) is 9.59 Å². The summed E-state index contributed by atoms with van der Waals surface area (Å²) < 4.78 is 1.36. The summed E-state index contributed by atoms with van der Waals surface area (Å²) >= 11 is 0. The summed E-state index contributed by atoms with van der Waals surface area (Å²) in [7, 11) is 0. The molecule has 2 aromatic heterocycles. The van der Waals surface area contributed by atoms with Crippen molar-refractivity contribution in [1.82, 2.24) is 24.4 Å². The van der Waals surface area contributed by atoms with Crippen molar-refractivity contribution in [2.75, 3.05) is 49.1 Å². The maximum absolute atomic E-state index is 12.6. The van der Waals surface area contributed by atoms with Gasteiger partial charge in [-0.3, -0.25) is 14.2 Å². The molecule has 0 atom stereocenters. The van der Waals surface area contributed by atoms with Crippen LogP contribution >= 0.6 is 0 Å². The van der Waals surface area contributed by atoms with E-state index in [1.165, 1.54) is 36.2 Å². The minimum atomic E-state index is -0.198. The highest BCUT2D eigenvalue weighted by Crippen LogP contribution is 2.20. The Morgan fingerprint density at radius 3 is 2.48 bits per heavy atom. The average molecular weight is 397 g/mol. The predicted octanol–water partition coefficient (Wildman–Crippen LogP) is 0.681. The van der Waals surface area contributed by atoms with Gasteiger partial charge in [0.1, 0.15) is 12.4 Å². The van der Waals surface area contributed by atoms with E-state index in [2.05, 4.69) is 19.8 Å². The lowest BCUT2D eigenvalue weighted by atomic mass is 10.1. The number of amides is 1. The number of carbonyl (C=O) groups excluding carboxylic acids is 1. The van der Waals surface area contributed by atoms with Crippen molar-refractivity contribution in [2.24, 2.45) is 0 Å². The molecule has 0 spiro atoms. The van der Waals surface area contributed by atoms with E-state index in [0.717, 1.165) is 24.9 Å². The molecule has 0 N–H and O–H groups in total. The van der Waals surface area contributed by atoms with Crippen LogP contribution in [0.3, 0.4) is 0 Å². The molecule has 9 heteroatoms. The number of hydrogen-bond donors (Lipinski definition) is 0. The Morgan fingerprint density at radius 1 is 1.00 bits per heavy atom. The first-order valence-corrected chi connectivity index (χ1v) is 10.2. The van der Waals surface area contributed by atoms with Crippen LogP contribution in [0.1, 0.15) is 25.0 Å². The summed E-state index contributed by atoms with van der Waals surface area (Å²) in [5.74, 6) is 1.65. The van der Waals surface area contributed by atoms with Crippen LogP contribution in [-0.2, 0) is 11.3 Å². The Bertz CT molecular complexity index is 915. The topological polar surface area (TPSA) is 87.5 Å². The van der Waals surface area contributed by atoms with Crippen molar-refractivity contribution in [3.8, 4) is 0 Å². The van der Waals surface area contributed by atoms with Gasteiger partial charge in [0.05, 0.1) is 6.33 Å². The third kappa shape index (κ3) is 4.55. The molecule has 4 rings (SSSR count). The number of hydrogen-bond acceptors (Lipinski definition) is 7. The number of piperidine rings is 1. The zero-order valence-electron chi connectivity index (χ0n) is 16.8. The lowest BCUT2D eigenvalue weighted by Gasteiger charge is -2.36.